The number of hydrogen-bond acceptors (Lipinski definition) is 3. The van der Waals surface area contributed by atoms with Gasteiger partial charge in [-0.25, -0.2) is 8.42 Å². The van der Waals surface area contributed by atoms with E-state index in [1.165, 1.54) is 11.1 Å². The van der Waals surface area contributed by atoms with Gasteiger partial charge in [-0.15, -0.1) is 0 Å². The van der Waals surface area contributed by atoms with Gasteiger partial charge in [0.05, 0.1) is 11.5 Å². The molecule has 0 saturated carbocycles. The van der Waals surface area contributed by atoms with E-state index in [4.69, 9.17) is 0 Å². The maximum Gasteiger partial charge on any atom is 0.153 e. The smallest absolute Gasteiger partial charge is 0.153 e. The Morgan fingerprint density at radius 2 is 1.81 bits per heavy atom. The Hall–Kier alpha value is -0.870. The van der Waals surface area contributed by atoms with Crippen LogP contribution >= 0.6 is 0 Å². The summed E-state index contributed by atoms with van der Waals surface area (Å²) >= 11 is 0. The van der Waals surface area contributed by atoms with Gasteiger partial charge in [0.25, 0.3) is 0 Å². The second kappa shape index (κ2) is 5.73. The Balaban J connectivity index is 2.50. The molecule has 0 amide bonds. The van der Waals surface area contributed by atoms with Crippen LogP contribution < -0.4 is 0 Å². The summed E-state index contributed by atoms with van der Waals surface area (Å²) in [5.74, 6) is 0.895. The van der Waals surface area contributed by atoms with E-state index in [1.807, 2.05) is 12.1 Å². The van der Waals surface area contributed by atoms with E-state index in [0.717, 1.165) is 0 Å². The van der Waals surface area contributed by atoms with Gasteiger partial charge in [0.1, 0.15) is 0 Å². The summed E-state index contributed by atoms with van der Waals surface area (Å²) in [5, 5.41) is 0. The SMILES string of the molecule is CC(C)c1ccccc1C1CS(=O)(=O)CCN1C(C)(C)C. The van der Waals surface area contributed by atoms with Gasteiger partial charge in [0.2, 0.25) is 0 Å². The minimum Gasteiger partial charge on any atom is -0.289 e. The summed E-state index contributed by atoms with van der Waals surface area (Å²) in [6.45, 7) is 11.4. The van der Waals surface area contributed by atoms with E-state index in [0.29, 0.717) is 12.5 Å². The normalized spacial score (nSPS) is 23.4. The first kappa shape index (κ1) is 16.5. The molecule has 0 aromatic heterocycles. The molecule has 0 N–H and O–H groups in total. The third-order valence-corrected chi connectivity index (χ3v) is 5.90. The zero-order valence-corrected chi connectivity index (χ0v) is 14.6. The lowest BCUT2D eigenvalue weighted by molar-refractivity contribution is 0.0935. The van der Waals surface area contributed by atoms with Gasteiger partial charge in [-0.05, 0) is 37.8 Å². The highest BCUT2D eigenvalue weighted by atomic mass is 32.2. The molecule has 0 aliphatic carbocycles. The van der Waals surface area contributed by atoms with Gasteiger partial charge in [0.15, 0.2) is 9.84 Å². The van der Waals surface area contributed by atoms with Crippen LogP contribution in [0.15, 0.2) is 24.3 Å². The molecule has 1 aliphatic heterocycles. The summed E-state index contributed by atoms with van der Waals surface area (Å²) < 4.78 is 24.3. The quantitative estimate of drug-likeness (QED) is 0.840. The van der Waals surface area contributed by atoms with Crippen LogP contribution in [0, 0.1) is 0 Å². The van der Waals surface area contributed by atoms with Gasteiger partial charge < -0.3 is 0 Å². The summed E-state index contributed by atoms with van der Waals surface area (Å²) in [4.78, 5) is 2.34. The fourth-order valence-corrected chi connectivity index (χ4v) is 4.69. The van der Waals surface area contributed by atoms with E-state index in [9.17, 15) is 8.42 Å². The average Bonchev–Trinajstić information content (AvgIpc) is 2.36. The van der Waals surface area contributed by atoms with E-state index in [1.54, 1.807) is 0 Å². The summed E-state index contributed by atoms with van der Waals surface area (Å²) in [7, 11) is -2.96. The van der Waals surface area contributed by atoms with Crippen molar-refractivity contribution in [1.82, 2.24) is 4.90 Å². The van der Waals surface area contributed by atoms with Crippen LogP contribution in [0.3, 0.4) is 0 Å². The summed E-state index contributed by atoms with van der Waals surface area (Å²) in [6.07, 6.45) is 0. The molecule has 1 heterocycles. The number of nitrogens with zero attached hydrogens (tertiary/aromatic N) is 1. The van der Waals surface area contributed by atoms with Crippen molar-refractivity contribution in [1.29, 1.82) is 0 Å². The first-order valence-electron chi connectivity index (χ1n) is 7.68. The number of sulfone groups is 1. The van der Waals surface area contributed by atoms with Crippen molar-refractivity contribution in [2.75, 3.05) is 18.1 Å². The Kier molecular flexibility index (Phi) is 4.50. The molecule has 1 aliphatic rings. The third-order valence-electron chi connectivity index (χ3n) is 4.27. The molecule has 4 heteroatoms. The Morgan fingerprint density at radius 1 is 1.19 bits per heavy atom. The molecule has 0 bridgehead atoms. The van der Waals surface area contributed by atoms with Crippen LogP contribution in [0.2, 0.25) is 0 Å². The van der Waals surface area contributed by atoms with Crippen molar-refractivity contribution in [3.8, 4) is 0 Å². The van der Waals surface area contributed by atoms with Crippen LogP contribution in [0.4, 0.5) is 0 Å². The van der Waals surface area contributed by atoms with Crippen LogP contribution in [0.25, 0.3) is 0 Å². The topological polar surface area (TPSA) is 37.4 Å². The zero-order chi connectivity index (χ0) is 15.8. The van der Waals surface area contributed by atoms with E-state index in [-0.39, 0.29) is 23.1 Å². The predicted octanol–water partition coefficient (Wildman–Crippen LogP) is 3.38. The summed E-state index contributed by atoms with van der Waals surface area (Å²) in [5.41, 5.74) is 2.39. The highest BCUT2D eigenvalue weighted by Crippen LogP contribution is 2.36. The van der Waals surface area contributed by atoms with E-state index >= 15 is 0 Å². The lowest BCUT2D eigenvalue weighted by Gasteiger charge is -2.45. The van der Waals surface area contributed by atoms with Crippen LogP contribution in [0.1, 0.15) is 57.7 Å². The van der Waals surface area contributed by atoms with Crippen molar-refractivity contribution >= 4 is 9.84 Å². The molecule has 1 aromatic rings. The first-order valence-corrected chi connectivity index (χ1v) is 9.50. The molecule has 1 fully saturated rings. The molecule has 21 heavy (non-hydrogen) atoms. The minimum atomic E-state index is -2.96. The molecule has 118 valence electrons. The van der Waals surface area contributed by atoms with Gasteiger partial charge in [0, 0.05) is 18.1 Å². The summed E-state index contributed by atoms with van der Waals surface area (Å²) in [6, 6.07) is 8.24. The molecule has 1 atom stereocenters. The monoisotopic (exact) mass is 309 g/mol. The second-order valence-electron chi connectivity index (χ2n) is 7.28. The lowest BCUT2D eigenvalue weighted by atomic mass is 9.90. The predicted molar refractivity (Wildman–Crippen MR) is 88.4 cm³/mol. The maximum absolute atomic E-state index is 12.2. The molecule has 3 nitrogen and oxygen atoms in total. The zero-order valence-electron chi connectivity index (χ0n) is 13.8. The molecular formula is C17H27NO2S. The third kappa shape index (κ3) is 3.67. The Morgan fingerprint density at radius 3 is 2.38 bits per heavy atom. The number of hydrogen-bond donors (Lipinski definition) is 0. The molecule has 0 spiro atoms. The van der Waals surface area contributed by atoms with Crippen molar-refractivity contribution in [3.05, 3.63) is 35.4 Å². The molecule has 1 saturated heterocycles. The molecule has 0 radical (unpaired) electrons. The number of benzene rings is 1. The van der Waals surface area contributed by atoms with Gasteiger partial charge >= 0.3 is 0 Å². The van der Waals surface area contributed by atoms with Crippen molar-refractivity contribution in [2.45, 2.75) is 52.1 Å². The maximum atomic E-state index is 12.2. The van der Waals surface area contributed by atoms with Crippen molar-refractivity contribution < 1.29 is 8.42 Å². The highest BCUT2D eigenvalue weighted by molar-refractivity contribution is 7.91. The molecule has 1 aromatic carbocycles. The van der Waals surface area contributed by atoms with Crippen LogP contribution in [-0.4, -0.2) is 36.9 Å². The van der Waals surface area contributed by atoms with Crippen LogP contribution in [-0.2, 0) is 9.84 Å². The highest BCUT2D eigenvalue weighted by Gasteiger charge is 2.38. The lowest BCUT2D eigenvalue weighted by Crippen LogP contribution is -2.52. The van der Waals surface area contributed by atoms with Gasteiger partial charge in [-0.3, -0.25) is 4.90 Å². The average molecular weight is 309 g/mol. The first-order chi connectivity index (χ1) is 9.62. The largest absolute Gasteiger partial charge is 0.289 e. The molecular weight excluding hydrogens is 282 g/mol. The van der Waals surface area contributed by atoms with Gasteiger partial charge in [-0.1, -0.05) is 38.1 Å². The van der Waals surface area contributed by atoms with Crippen molar-refractivity contribution in [3.63, 3.8) is 0 Å². The van der Waals surface area contributed by atoms with E-state index in [2.05, 4.69) is 51.7 Å². The van der Waals surface area contributed by atoms with Gasteiger partial charge in [-0.2, -0.15) is 0 Å². The number of rotatable bonds is 2. The fraction of sp³-hybridized carbons (Fsp3) is 0.647. The van der Waals surface area contributed by atoms with Crippen LogP contribution in [0.5, 0.6) is 0 Å². The Labute approximate surface area is 129 Å². The Bertz CT molecular complexity index is 599. The molecule has 2 rings (SSSR count). The van der Waals surface area contributed by atoms with Crippen molar-refractivity contribution in [2.24, 2.45) is 0 Å². The molecule has 1 unspecified atom stereocenters. The minimum absolute atomic E-state index is 0.0370. The van der Waals surface area contributed by atoms with E-state index < -0.39 is 9.84 Å². The second-order valence-corrected chi connectivity index (χ2v) is 9.51. The standard InChI is InChI=1S/C17H27NO2S/c1-13(2)14-8-6-7-9-15(14)16-12-21(19,20)11-10-18(16)17(3,4)5/h6-9,13,16H,10-12H2,1-5H3. The fourth-order valence-electron chi connectivity index (χ4n) is 3.21.